The number of aryl methyl sites for hydroxylation is 1. The smallest absolute Gasteiger partial charge is 0.348 e. The van der Waals surface area contributed by atoms with E-state index in [4.69, 9.17) is 4.74 Å². The fourth-order valence-electron chi connectivity index (χ4n) is 2.81. The summed E-state index contributed by atoms with van der Waals surface area (Å²) in [5.41, 5.74) is 0.801. The maximum Gasteiger partial charge on any atom is 0.348 e. The Kier molecular flexibility index (Phi) is 5.30. The number of aromatic nitrogens is 4. The highest BCUT2D eigenvalue weighted by atomic mass is 32.2. The summed E-state index contributed by atoms with van der Waals surface area (Å²) < 4.78 is 5.82. The van der Waals surface area contributed by atoms with Crippen molar-refractivity contribution >= 4 is 61.7 Å². The lowest BCUT2D eigenvalue weighted by Crippen LogP contribution is -2.30. The molecule has 0 atom stereocenters. The molecule has 0 bridgehead atoms. The van der Waals surface area contributed by atoms with Crippen molar-refractivity contribution in [1.82, 2.24) is 20.2 Å². The van der Waals surface area contributed by atoms with E-state index >= 15 is 0 Å². The monoisotopic (exact) mass is 435 g/mol. The highest BCUT2D eigenvalue weighted by molar-refractivity contribution is 8.01. The Balaban J connectivity index is 1.65. The molecule has 1 aliphatic rings. The SMILES string of the molecule is CCOC(=O)c1sc2ncnc(Sc3nnc(N(C(C)=O)C4CC4)s3)c2c1C. The van der Waals surface area contributed by atoms with Gasteiger partial charge < -0.3 is 4.74 Å². The molecule has 3 heterocycles. The van der Waals surface area contributed by atoms with E-state index in [2.05, 4.69) is 20.2 Å². The van der Waals surface area contributed by atoms with Crippen LogP contribution in [0.1, 0.15) is 41.9 Å². The predicted molar refractivity (Wildman–Crippen MR) is 108 cm³/mol. The van der Waals surface area contributed by atoms with Gasteiger partial charge in [-0.3, -0.25) is 9.69 Å². The molecule has 0 aliphatic heterocycles. The minimum Gasteiger partial charge on any atom is -0.462 e. The number of fused-ring (bicyclic) bond motifs is 1. The van der Waals surface area contributed by atoms with Crippen molar-refractivity contribution in [2.24, 2.45) is 0 Å². The van der Waals surface area contributed by atoms with Gasteiger partial charge in [0.05, 0.1) is 6.61 Å². The van der Waals surface area contributed by atoms with Crippen LogP contribution in [0.4, 0.5) is 5.13 Å². The molecule has 1 aliphatic carbocycles. The van der Waals surface area contributed by atoms with Gasteiger partial charge in [-0.25, -0.2) is 14.8 Å². The van der Waals surface area contributed by atoms with Gasteiger partial charge in [-0.2, -0.15) is 0 Å². The molecular formula is C17H17N5O3S3. The lowest BCUT2D eigenvalue weighted by molar-refractivity contribution is -0.116. The van der Waals surface area contributed by atoms with E-state index in [-0.39, 0.29) is 17.9 Å². The summed E-state index contributed by atoms with van der Waals surface area (Å²) in [5.74, 6) is -0.369. The van der Waals surface area contributed by atoms with E-state index in [0.29, 0.717) is 26.0 Å². The number of ether oxygens (including phenoxy) is 1. The molecule has 11 heteroatoms. The third kappa shape index (κ3) is 3.61. The Morgan fingerprint density at radius 1 is 1.29 bits per heavy atom. The number of thiophene rings is 1. The van der Waals surface area contributed by atoms with Crippen LogP contribution < -0.4 is 4.90 Å². The van der Waals surface area contributed by atoms with E-state index in [1.165, 1.54) is 40.8 Å². The molecule has 8 nitrogen and oxygen atoms in total. The Labute approximate surface area is 173 Å². The van der Waals surface area contributed by atoms with E-state index in [1.807, 2.05) is 6.92 Å². The summed E-state index contributed by atoms with van der Waals surface area (Å²) in [5, 5.41) is 10.6. The molecule has 146 valence electrons. The van der Waals surface area contributed by atoms with Crippen LogP contribution in [0, 0.1) is 6.92 Å². The second kappa shape index (κ2) is 7.72. The summed E-state index contributed by atoms with van der Waals surface area (Å²) in [6.07, 6.45) is 3.47. The molecule has 1 saturated carbocycles. The first kappa shape index (κ1) is 19.2. The summed E-state index contributed by atoms with van der Waals surface area (Å²) in [4.78, 5) is 35.8. The lowest BCUT2D eigenvalue weighted by Gasteiger charge is -2.15. The van der Waals surface area contributed by atoms with Crippen LogP contribution >= 0.6 is 34.4 Å². The van der Waals surface area contributed by atoms with Crippen molar-refractivity contribution in [3.8, 4) is 0 Å². The highest BCUT2D eigenvalue weighted by Gasteiger charge is 2.34. The number of amides is 1. The first-order valence-electron chi connectivity index (χ1n) is 8.72. The zero-order chi connectivity index (χ0) is 19.8. The fourth-order valence-corrected chi connectivity index (χ4v) is 5.94. The number of nitrogens with zero attached hydrogens (tertiary/aromatic N) is 5. The number of esters is 1. The zero-order valence-corrected chi connectivity index (χ0v) is 17.9. The largest absolute Gasteiger partial charge is 0.462 e. The molecule has 3 aromatic heterocycles. The second-order valence-electron chi connectivity index (χ2n) is 6.21. The average Bonchev–Trinajstić information content (AvgIpc) is 3.27. The van der Waals surface area contributed by atoms with Crippen molar-refractivity contribution < 1.29 is 14.3 Å². The van der Waals surface area contributed by atoms with Crippen LogP contribution in [-0.4, -0.2) is 44.7 Å². The van der Waals surface area contributed by atoms with Gasteiger partial charge in [0.25, 0.3) is 0 Å². The Morgan fingerprint density at radius 3 is 2.75 bits per heavy atom. The van der Waals surface area contributed by atoms with Crippen molar-refractivity contribution in [1.29, 1.82) is 0 Å². The van der Waals surface area contributed by atoms with Crippen molar-refractivity contribution in [3.63, 3.8) is 0 Å². The maximum absolute atomic E-state index is 12.2. The molecule has 0 saturated heterocycles. The van der Waals surface area contributed by atoms with Crippen molar-refractivity contribution in [3.05, 3.63) is 16.8 Å². The van der Waals surface area contributed by atoms with Gasteiger partial charge in [0.1, 0.15) is 21.1 Å². The highest BCUT2D eigenvalue weighted by Crippen LogP contribution is 2.41. The third-order valence-electron chi connectivity index (χ3n) is 4.19. The summed E-state index contributed by atoms with van der Waals surface area (Å²) in [6.45, 7) is 5.52. The van der Waals surface area contributed by atoms with Crippen LogP contribution in [-0.2, 0) is 9.53 Å². The minimum absolute atomic E-state index is 0.0209. The van der Waals surface area contributed by atoms with Gasteiger partial charge in [-0.1, -0.05) is 11.3 Å². The number of hydrogen-bond donors (Lipinski definition) is 0. The van der Waals surface area contributed by atoms with E-state index in [0.717, 1.165) is 28.6 Å². The van der Waals surface area contributed by atoms with Crippen LogP contribution in [0.3, 0.4) is 0 Å². The van der Waals surface area contributed by atoms with Crippen LogP contribution in [0.2, 0.25) is 0 Å². The molecule has 28 heavy (non-hydrogen) atoms. The molecule has 1 amide bonds. The van der Waals surface area contributed by atoms with E-state index < -0.39 is 0 Å². The Hall–Kier alpha value is -2.11. The Morgan fingerprint density at radius 2 is 2.07 bits per heavy atom. The number of rotatable bonds is 6. The first-order valence-corrected chi connectivity index (χ1v) is 11.2. The van der Waals surface area contributed by atoms with Gasteiger partial charge in [0.2, 0.25) is 11.0 Å². The first-order chi connectivity index (χ1) is 13.5. The average molecular weight is 436 g/mol. The molecule has 3 aromatic rings. The van der Waals surface area contributed by atoms with Crippen LogP contribution in [0.25, 0.3) is 10.2 Å². The quantitative estimate of drug-likeness (QED) is 0.328. The molecule has 0 spiro atoms. The molecule has 0 radical (unpaired) electrons. The molecule has 4 rings (SSSR count). The number of hydrogen-bond acceptors (Lipinski definition) is 10. The van der Waals surface area contributed by atoms with Crippen LogP contribution in [0.5, 0.6) is 0 Å². The minimum atomic E-state index is -0.348. The standard InChI is InChI=1S/C17H17N5O3S3/c1-4-25-15(24)12-8(2)11-13(26-12)18-7-19-14(11)27-17-21-20-16(28-17)22(9(3)23)10-5-6-10/h7,10H,4-6H2,1-3H3. The topological polar surface area (TPSA) is 98.2 Å². The molecule has 0 unspecified atom stereocenters. The number of anilines is 1. The van der Waals surface area contributed by atoms with Gasteiger partial charge in [-0.05, 0) is 44.0 Å². The number of carbonyl (C=O) groups excluding carboxylic acids is 2. The summed E-state index contributed by atoms with van der Waals surface area (Å²) in [7, 11) is 0. The van der Waals surface area contributed by atoms with Gasteiger partial charge in [0, 0.05) is 18.4 Å². The maximum atomic E-state index is 12.2. The van der Waals surface area contributed by atoms with Gasteiger partial charge >= 0.3 is 5.97 Å². The van der Waals surface area contributed by atoms with Crippen molar-refractivity contribution in [2.45, 2.75) is 49.0 Å². The van der Waals surface area contributed by atoms with Crippen LogP contribution in [0.15, 0.2) is 15.7 Å². The fraction of sp³-hybridized carbons (Fsp3) is 0.412. The zero-order valence-electron chi connectivity index (χ0n) is 15.5. The normalized spacial score (nSPS) is 13.7. The van der Waals surface area contributed by atoms with Crippen molar-refractivity contribution in [2.75, 3.05) is 11.5 Å². The second-order valence-corrected chi connectivity index (χ2v) is 9.40. The Bertz CT molecular complexity index is 1060. The molecule has 1 fully saturated rings. The predicted octanol–water partition coefficient (Wildman–Crippen LogP) is 3.69. The third-order valence-corrected chi connectivity index (χ3v) is 7.35. The number of carbonyl (C=O) groups is 2. The molecular weight excluding hydrogens is 418 g/mol. The van der Waals surface area contributed by atoms with Gasteiger partial charge in [-0.15, -0.1) is 21.5 Å². The van der Waals surface area contributed by atoms with E-state index in [1.54, 1.807) is 18.7 Å². The van der Waals surface area contributed by atoms with E-state index in [9.17, 15) is 9.59 Å². The molecule has 0 aromatic carbocycles. The lowest BCUT2D eigenvalue weighted by atomic mass is 10.2. The molecule has 0 N–H and O–H groups in total. The summed E-state index contributed by atoms with van der Waals surface area (Å²) in [6, 6.07) is 0.236. The summed E-state index contributed by atoms with van der Waals surface area (Å²) >= 11 is 4.03. The van der Waals surface area contributed by atoms with Gasteiger partial charge in [0.15, 0.2) is 4.34 Å².